The van der Waals surface area contributed by atoms with Crippen LogP contribution in [0.25, 0.3) is 0 Å². The molecule has 3 N–H and O–H groups in total. The second-order valence-corrected chi connectivity index (χ2v) is 5.28. The maximum Gasteiger partial charge on any atom is 0.441 e. The van der Waals surface area contributed by atoms with Crippen molar-refractivity contribution < 1.29 is 26.3 Å². The van der Waals surface area contributed by atoms with Gasteiger partial charge >= 0.3 is 11.7 Å². The average molecular weight is 349 g/mol. The summed E-state index contributed by atoms with van der Waals surface area (Å²) in [6.45, 7) is -0.242. The van der Waals surface area contributed by atoms with E-state index in [0.717, 1.165) is 6.07 Å². The van der Waals surface area contributed by atoms with E-state index in [4.69, 9.17) is 5.73 Å². The van der Waals surface area contributed by atoms with Crippen molar-refractivity contribution in [2.24, 2.45) is 5.73 Å². The SMILES string of the molecule is NC(=S)c1ccc(C(F)(F)F)nc1NCCSC(F)(F)F. The fraction of sp³-hybridized carbons (Fsp3) is 0.400. The Morgan fingerprint density at radius 3 is 2.33 bits per heavy atom. The molecule has 11 heteroatoms. The summed E-state index contributed by atoms with van der Waals surface area (Å²) < 4.78 is 73.4. The molecule has 0 aromatic carbocycles. The number of thiocarbonyl (C=S) groups is 1. The van der Waals surface area contributed by atoms with Crippen LogP contribution in [-0.2, 0) is 6.18 Å². The minimum Gasteiger partial charge on any atom is -0.389 e. The van der Waals surface area contributed by atoms with E-state index >= 15 is 0 Å². The molecule has 0 aliphatic heterocycles. The fourth-order valence-electron chi connectivity index (χ4n) is 1.29. The molecular weight excluding hydrogens is 340 g/mol. The van der Waals surface area contributed by atoms with Gasteiger partial charge in [-0.3, -0.25) is 0 Å². The molecule has 0 spiro atoms. The molecule has 0 aliphatic rings. The van der Waals surface area contributed by atoms with Crippen LogP contribution in [0.3, 0.4) is 0 Å². The van der Waals surface area contributed by atoms with Gasteiger partial charge in [-0.05, 0) is 23.9 Å². The Labute approximate surface area is 125 Å². The molecule has 0 bridgehead atoms. The van der Waals surface area contributed by atoms with Crippen LogP contribution in [0, 0.1) is 0 Å². The molecule has 1 aromatic rings. The first-order valence-corrected chi connectivity index (χ1v) is 6.72. The Morgan fingerprint density at radius 1 is 1.24 bits per heavy atom. The zero-order chi connectivity index (χ0) is 16.3. The molecule has 1 heterocycles. The van der Waals surface area contributed by atoms with Crippen molar-refractivity contribution in [3.8, 4) is 0 Å². The Kier molecular flexibility index (Phi) is 5.68. The van der Waals surface area contributed by atoms with E-state index in [0.29, 0.717) is 6.07 Å². The lowest BCUT2D eigenvalue weighted by Gasteiger charge is -2.13. The number of thioether (sulfide) groups is 1. The summed E-state index contributed by atoms with van der Waals surface area (Å²) in [4.78, 5) is 3.10. The van der Waals surface area contributed by atoms with Gasteiger partial charge in [-0.2, -0.15) is 26.3 Å². The van der Waals surface area contributed by atoms with Crippen molar-refractivity contribution in [2.75, 3.05) is 17.6 Å². The minimum atomic E-state index is -4.67. The largest absolute Gasteiger partial charge is 0.441 e. The zero-order valence-electron chi connectivity index (χ0n) is 10.2. The predicted octanol–water partition coefficient (Wildman–Crippen LogP) is 3.40. The van der Waals surface area contributed by atoms with Crippen LogP contribution in [-0.4, -0.2) is 27.8 Å². The van der Waals surface area contributed by atoms with E-state index in [-0.39, 0.29) is 34.7 Å². The number of hydrogen-bond acceptors (Lipinski definition) is 4. The maximum absolute atomic E-state index is 12.5. The third-order valence-electron chi connectivity index (χ3n) is 2.11. The monoisotopic (exact) mass is 349 g/mol. The van der Waals surface area contributed by atoms with Crippen LogP contribution in [0.4, 0.5) is 32.2 Å². The van der Waals surface area contributed by atoms with Crippen molar-refractivity contribution >= 4 is 34.8 Å². The number of nitrogens with zero attached hydrogens (tertiary/aromatic N) is 1. The highest BCUT2D eigenvalue weighted by Gasteiger charge is 2.33. The quantitative estimate of drug-likeness (QED) is 0.485. The summed E-state index contributed by atoms with van der Waals surface area (Å²) in [5.41, 5.74) is -0.225. The Hall–Kier alpha value is -1.23. The van der Waals surface area contributed by atoms with Crippen LogP contribution in [0.1, 0.15) is 11.3 Å². The Bertz CT molecular complexity index is 514. The molecule has 0 radical (unpaired) electrons. The van der Waals surface area contributed by atoms with Gasteiger partial charge in [0.1, 0.15) is 16.5 Å². The zero-order valence-corrected chi connectivity index (χ0v) is 11.8. The van der Waals surface area contributed by atoms with E-state index in [9.17, 15) is 26.3 Å². The number of alkyl halides is 6. The molecule has 0 aliphatic carbocycles. The van der Waals surface area contributed by atoms with Gasteiger partial charge in [0.25, 0.3) is 0 Å². The second-order valence-electron chi connectivity index (χ2n) is 3.68. The maximum atomic E-state index is 12.5. The number of aromatic nitrogens is 1. The fourth-order valence-corrected chi connectivity index (χ4v) is 1.89. The van der Waals surface area contributed by atoms with Gasteiger partial charge in [-0.25, -0.2) is 4.98 Å². The number of pyridine rings is 1. The first kappa shape index (κ1) is 17.8. The van der Waals surface area contributed by atoms with Crippen molar-refractivity contribution in [3.05, 3.63) is 23.4 Å². The molecule has 1 rings (SSSR count). The van der Waals surface area contributed by atoms with E-state index < -0.39 is 23.1 Å². The van der Waals surface area contributed by atoms with E-state index in [1.54, 1.807) is 0 Å². The number of nitrogens with two attached hydrogens (primary N) is 1. The van der Waals surface area contributed by atoms with Gasteiger partial charge < -0.3 is 11.1 Å². The molecule has 118 valence electrons. The lowest BCUT2D eigenvalue weighted by molar-refractivity contribution is -0.141. The molecule has 0 saturated heterocycles. The van der Waals surface area contributed by atoms with Gasteiger partial charge in [0.2, 0.25) is 0 Å². The first-order chi connectivity index (χ1) is 9.50. The molecule has 3 nitrogen and oxygen atoms in total. The van der Waals surface area contributed by atoms with Crippen LogP contribution in [0.5, 0.6) is 0 Å². The molecule has 0 atom stereocenters. The third-order valence-corrected chi connectivity index (χ3v) is 3.07. The van der Waals surface area contributed by atoms with Crippen molar-refractivity contribution in [2.45, 2.75) is 11.7 Å². The molecule has 0 amide bonds. The summed E-state index contributed by atoms with van der Waals surface area (Å²) in [5.74, 6) is -0.682. The average Bonchev–Trinajstić information content (AvgIpc) is 2.32. The highest BCUT2D eigenvalue weighted by molar-refractivity contribution is 8.00. The smallest absolute Gasteiger partial charge is 0.389 e. The van der Waals surface area contributed by atoms with Crippen LogP contribution in [0.15, 0.2) is 12.1 Å². The van der Waals surface area contributed by atoms with Gasteiger partial charge in [0.15, 0.2) is 0 Å². The summed E-state index contributed by atoms with van der Waals surface area (Å²) in [7, 11) is 0. The highest BCUT2D eigenvalue weighted by atomic mass is 32.2. The van der Waals surface area contributed by atoms with E-state index in [2.05, 4.69) is 22.5 Å². The summed E-state index contributed by atoms with van der Waals surface area (Å²) in [6.07, 6.45) is -4.67. The predicted molar refractivity (Wildman–Crippen MR) is 72.1 cm³/mol. The van der Waals surface area contributed by atoms with Crippen LogP contribution < -0.4 is 11.1 Å². The topological polar surface area (TPSA) is 50.9 Å². The molecule has 21 heavy (non-hydrogen) atoms. The van der Waals surface area contributed by atoms with Gasteiger partial charge in [-0.1, -0.05) is 12.2 Å². The van der Waals surface area contributed by atoms with Gasteiger partial charge in [-0.15, -0.1) is 0 Å². The number of hydrogen-bond donors (Lipinski definition) is 2. The highest BCUT2D eigenvalue weighted by Crippen LogP contribution is 2.31. The third kappa shape index (κ3) is 5.96. The molecular formula is C10H9F6N3S2. The minimum absolute atomic E-state index is 0.0370. The van der Waals surface area contributed by atoms with Crippen molar-refractivity contribution in [1.82, 2.24) is 4.98 Å². The molecule has 1 aromatic heterocycles. The van der Waals surface area contributed by atoms with E-state index in [1.165, 1.54) is 0 Å². The molecule has 0 unspecified atom stereocenters. The number of nitrogens with one attached hydrogen (secondary N) is 1. The summed E-state index contributed by atoms with van der Waals surface area (Å²) in [5, 5.41) is 2.38. The summed E-state index contributed by atoms with van der Waals surface area (Å²) in [6, 6.07) is 1.72. The van der Waals surface area contributed by atoms with Crippen LogP contribution >= 0.6 is 24.0 Å². The lowest BCUT2D eigenvalue weighted by Crippen LogP contribution is -2.19. The normalized spacial score (nSPS) is 12.3. The second kappa shape index (κ2) is 6.69. The Morgan fingerprint density at radius 2 is 1.86 bits per heavy atom. The van der Waals surface area contributed by atoms with Crippen molar-refractivity contribution in [3.63, 3.8) is 0 Å². The number of rotatable bonds is 5. The standard InChI is InChI=1S/C10H9F6N3S2/c11-9(12,13)6-2-1-5(7(17)20)8(19-6)18-3-4-21-10(14,15)16/h1-2H,3-4H2,(H2,17,20)(H,18,19). The molecule has 0 fully saturated rings. The summed E-state index contributed by atoms with van der Waals surface area (Å²) >= 11 is 4.36. The lowest BCUT2D eigenvalue weighted by atomic mass is 10.2. The Balaban J connectivity index is 2.85. The number of anilines is 1. The van der Waals surface area contributed by atoms with Crippen LogP contribution in [0.2, 0.25) is 0 Å². The van der Waals surface area contributed by atoms with E-state index in [1.807, 2.05) is 0 Å². The van der Waals surface area contributed by atoms with Crippen molar-refractivity contribution in [1.29, 1.82) is 0 Å². The number of halogens is 6. The molecule has 0 saturated carbocycles. The van der Waals surface area contributed by atoms with Gasteiger partial charge in [0, 0.05) is 12.3 Å². The van der Waals surface area contributed by atoms with Gasteiger partial charge in [0.05, 0.1) is 5.56 Å². The first-order valence-electron chi connectivity index (χ1n) is 5.33.